The molecular formula is C21H24N4O4S. The fourth-order valence-corrected chi connectivity index (χ4v) is 4.73. The van der Waals surface area contributed by atoms with Gasteiger partial charge in [-0.3, -0.25) is 4.98 Å². The number of nitrogens with two attached hydrogens (primary N) is 1. The number of sulfone groups is 1. The Morgan fingerprint density at radius 2 is 1.97 bits per heavy atom. The summed E-state index contributed by atoms with van der Waals surface area (Å²) in [7, 11) is -3.33. The van der Waals surface area contributed by atoms with Gasteiger partial charge in [-0.25, -0.2) is 13.2 Å². The van der Waals surface area contributed by atoms with Crippen LogP contribution in [0, 0.1) is 0 Å². The maximum absolute atomic E-state index is 11.8. The molecule has 0 aliphatic carbocycles. The molecule has 0 spiro atoms. The molecule has 2 aromatic heterocycles. The van der Waals surface area contributed by atoms with Gasteiger partial charge in [-0.2, -0.15) is 0 Å². The number of nitrogens with zero attached hydrogens (tertiary/aromatic N) is 3. The molecule has 1 aromatic carbocycles. The molecule has 0 unspecified atom stereocenters. The van der Waals surface area contributed by atoms with Crippen LogP contribution in [0.1, 0.15) is 30.0 Å². The minimum atomic E-state index is -3.33. The van der Waals surface area contributed by atoms with Gasteiger partial charge >= 0.3 is 6.09 Å². The summed E-state index contributed by atoms with van der Waals surface area (Å²) in [5.74, 6) is 0.319. The lowest BCUT2D eigenvalue weighted by Crippen LogP contribution is -2.36. The van der Waals surface area contributed by atoms with Crippen LogP contribution in [0.4, 0.5) is 10.5 Å². The number of amides is 1. The highest BCUT2D eigenvalue weighted by atomic mass is 32.2. The predicted molar refractivity (Wildman–Crippen MR) is 114 cm³/mol. The van der Waals surface area contributed by atoms with Crippen molar-refractivity contribution in [2.24, 2.45) is 0 Å². The fourth-order valence-electron chi connectivity index (χ4n) is 4.05. The van der Waals surface area contributed by atoms with Crippen molar-refractivity contribution < 1.29 is 18.3 Å². The van der Waals surface area contributed by atoms with E-state index < -0.39 is 15.9 Å². The van der Waals surface area contributed by atoms with Crippen LogP contribution in [0.3, 0.4) is 0 Å². The van der Waals surface area contributed by atoms with Crippen molar-refractivity contribution in [2.45, 2.75) is 30.2 Å². The van der Waals surface area contributed by atoms with Crippen LogP contribution in [0.2, 0.25) is 0 Å². The van der Waals surface area contributed by atoms with E-state index in [4.69, 9.17) is 10.8 Å². The number of hydrogen-bond donors (Lipinski definition) is 2. The molecule has 8 nitrogen and oxygen atoms in total. The molecule has 0 radical (unpaired) electrons. The number of carbonyl (C=O) groups is 1. The zero-order valence-corrected chi connectivity index (χ0v) is 17.5. The van der Waals surface area contributed by atoms with Crippen molar-refractivity contribution in [3.63, 3.8) is 0 Å². The number of pyridine rings is 1. The first-order valence-electron chi connectivity index (χ1n) is 9.73. The number of carboxylic acid groups (broad SMARTS) is 1. The van der Waals surface area contributed by atoms with Crippen LogP contribution < -0.4 is 5.73 Å². The molecule has 0 bridgehead atoms. The molecule has 4 rings (SSSR count). The second kappa shape index (κ2) is 7.64. The fraction of sp³-hybridized carbons (Fsp3) is 0.333. The van der Waals surface area contributed by atoms with Crippen molar-refractivity contribution >= 4 is 32.5 Å². The normalized spacial score (nSPS) is 15.6. The van der Waals surface area contributed by atoms with Crippen molar-refractivity contribution in [1.29, 1.82) is 0 Å². The van der Waals surface area contributed by atoms with Gasteiger partial charge in [-0.1, -0.05) is 6.07 Å². The third kappa shape index (κ3) is 3.97. The van der Waals surface area contributed by atoms with Crippen LogP contribution in [-0.4, -0.2) is 53.4 Å². The highest BCUT2D eigenvalue weighted by Gasteiger charge is 2.23. The molecule has 1 fully saturated rings. The minimum absolute atomic E-state index is 0.210. The predicted octanol–water partition coefficient (Wildman–Crippen LogP) is 2.93. The molecule has 3 aromatic rings. The number of aromatic nitrogens is 2. The number of fused-ring (bicyclic) bond motifs is 1. The Bertz CT molecular complexity index is 1190. The van der Waals surface area contributed by atoms with Gasteiger partial charge in [0.2, 0.25) is 0 Å². The molecule has 1 aliphatic heterocycles. The lowest BCUT2D eigenvalue weighted by atomic mass is 9.90. The lowest BCUT2D eigenvalue weighted by molar-refractivity contribution is 0.132. The average Bonchev–Trinajstić information content (AvgIpc) is 3.11. The molecular weight excluding hydrogens is 404 g/mol. The topological polar surface area (TPSA) is 119 Å². The molecule has 0 saturated carbocycles. The molecule has 9 heteroatoms. The zero-order valence-electron chi connectivity index (χ0n) is 16.7. The largest absolute Gasteiger partial charge is 0.465 e. The van der Waals surface area contributed by atoms with E-state index in [2.05, 4.69) is 11.1 Å². The number of rotatable bonds is 4. The van der Waals surface area contributed by atoms with E-state index in [1.807, 2.05) is 29.1 Å². The first kappa shape index (κ1) is 20.2. The number of benzene rings is 1. The number of piperidine rings is 1. The van der Waals surface area contributed by atoms with Crippen LogP contribution >= 0.6 is 0 Å². The summed E-state index contributed by atoms with van der Waals surface area (Å²) in [6.07, 6.45) is 5.66. The molecule has 1 amide bonds. The Kier molecular flexibility index (Phi) is 5.15. The van der Waals surface area contributed by atoms with Gasteiger partial charge in [0.1, 0.15) is 0 Å². The molecule has 1 saturated heterocycles. The molecule has 1 aliphatic rings. The second-order valence-electron chi connectivity index (χ2n) is 7.79. The van der Waals surface area contributed by atoms with Crippen LogP contribution in [0.15, 0.2) is 47.6 Å². The van der Waals surface area contributed by atoms with Crippen molar-refractivity contribution in [3.8, 4) is 0 Å². The highest BCUT2D eigenvalue weighted by Crippen LogP contribution is 2.29. The third-order valence-electron chi connectivity index (χ3n) is 5.71. The Labute approximate surface area is 174 Å². The van der Waals surface area contributed by atoms with E-state index in [1.54, 1.807) is 6.07 Å². The summed E-state index contributed by atoms with van der Waals surface area (Å²) in [4.78, 5) is 17.3. The summed E-state index contributed by atoms with van der Waals surface area (Å²) in [5, 5.41) is 9.85. The number of hydrogen-bond acceptors (Lipinski definition) is 5. The van der Waals surface area contributed by atoms with Gasteiger partial charge in [0.25, 0.3) is 0 Å². The summed E-state index contributed by atoms with van der Waals surface area (Å²) in [6.45, 7) is 1.61. The number of likely N-dealkylation sites (tertiary alicyclic amines) is 1. The molecule has 0 atom stereocenters. The summed E-state index contributed by atoms with van der Waals surface area (Å²) >= 11 is 0. The van der Waals surface area contributed by atoms with Gasteiger partial charge in [-0.15, -0.1) is 0 Å². The van der Waals surface area contributed by atoms with E-state index in [0.29, 0.717) is 31.2 Å². The van der Waals surface area contributed by atoms with Gasteiger partial charge in [-0.05, 0) is 48.6 Å². The average molecular weight is 429 g/mol. The molecule has 3 heterocycles. The van der Waals surface area contributed by atoms with Crippen LogP contribution in [0.25, 0.3) is 10.9 Å². The quantitative estimate of drug-likeness (QED) is 0.617. The van der Waals surface area contributed by atoms with Crippen LogP contribution in [0.5, 0.6) is 0 Å². The second-order valence-corrected chi connectivity index (χ2v) is 9.81. The number of anilines is 1. The Morgan fingerprint density at radius 3 is 2.57 bits per heavy atom. The van der Waals surface area contributed by atoms with E-state index in [0.717, 1.165) is 35.0 Å². The van der Waals surface area contributed by atoms with E-state index in [-0.39, 0.29) is 4.90 Å². The lowest BCUT2D eigenvalue weighted by Gasteiger charge is -2.30. The number of nitrogen functional groups attached to an aromatic ring is 1. The zero-order chi connectivity index (χ0) is 21.5. The maximum Gasteiger partial charge on any atom is 0.407 e. The molecule has 3 N–H and O–H groups in total. The third-order valence-corrected chi connectivity index (χ3v) is 6.80. The summed E-state index contributed by atoms with van der Waals surface area (Å²) in [6, 6.07) is 9.02. The van der Waals surface area contributed by atoms with E-state index in [1.165, 1.54) is 17.2 Å². The van der Waals surface area contributed by atoms with E-state index in [9.17, 15) is 13.2 Å². The Hall–Kier alpha value is -3.07. The molecule has 30 heavy (non-hydrogen) atoms. The van der Waals surface area contributed by atoms with E-state index >= 15 is 0 Å². The SMILES string of the molecule is CS(=O)(=O)c1cc(N)c2c(ccn2Cc2ccc(C3CCN(C(=O)O)CC3)cn2)c1. The van der Waals surface area contributed by atoms with Crippen molar-refractivity contribution in [2.75, 3.05) is 25.1 Å². The van der Waals surface area contributed by atoms with Crippen molar-refractivity contribution in [1.82, 2.24) is 14.5 Å². The highest BCUT2D eigenvalue weighted by molar-refractivity contribution is 7.90. The first-order chi connectivity index (χ1) is 14.2. The van der Waals surface area contributed by atoms with Crippen LogP contribution in [-0.2, 0) is 16.4 Å². The smallest absolute Gasteiger partial charge is 0.407 e. The minimum Gasteiger partial charge on any atom is -0.465 e. The first-order valence-corrected chi connectivity index (χ1v) is 11.6. The van der Waals surface area contributed by atoms with Gasteiger partial charge in [0.15, 0.2) is 9.84 Å². The standard InChI is InChI=1S/C21H24N4O4S/c1-30(28,29)18-10-15-6-9-25(20(15)19(22)11-18)13-17-3-2-16(12-23-17)14-4-7-24(8-5-14)21(26)27/h2-3,6,9-12,14H,4-5,7-8,13,22H2,1H3,(H,26,27). The summed E-state index contributed by atoms with van der Waals surface area (Å²) < 4.78 is 25.6. The van der Waals surface area contributed by atoms with Gasteiger partial charge < -0.3 is 20.3 Å². The van der Waals surface area contributed by atoms with Crippen molar-refractivity contribution in [3.05, 3.63) is 54.0 Å². The molecule has 158 valence electrons. The van der Waals surface area contributed by atoms with Gasteiger partial charge in [0, 0.05) is 37.1 Å². The Balaban J connectivity index is 1.51. The monoisotopic (exact) mass is 428 g/mol. The maximum atomic E-state index is 11.8. The summed E-state index contributed by atoms with van der Waals surface area (Å²) in [5.41, 5.74) is 9.35. The van der Waals surface area contributed by atoms with Gasteiger partial charge in [0.05, 0.1) is 28.3 Å². The Morgan fingerprint density at radius 1 is 1.23 bits per heavy atom.